The van der Waals surface area contributed by atoms with Crippen molar-refractivity contribution in [3.63, 3.8) is 0 Å². The smallest absolute Gasteiger partial charge is 0.247 e. The maximum atomic E-state index is 13.4. The van der Waals surface area contributed by atoms with Gasteiger partial charge in [-0.3, -0.25) is 14.6 Å². The molecule has 4 rings (SSSR count). The van der Waals surface area contributed by atoms with E-state index in [0.29, 0.717) is 31.5 Å². The Bertz CT molecular complexity index is 1310. The van der Waals surface area contributed by atoms with Gasteiger partial charge in [-0.25, -0.2) is 0 Å². The summed E-state index contributed by atoms with van der Waals surface area (Å²) in [5.74, 6) is -0.676. The van der Waals surface area contributed by atoms with E-state index in [-0.39, 0.29) is 17.8 Å². The molecule has 3 aromatic rings. The average molecular weight is 485 g/mol. The van der Waals surface area contributed by atoms with Crippen molar-refractivity contribution in [3.8, 4) is 0 Å². The van der Waals surface area contributed by atoms with Crippen LogP contribution in [-0.4, -0.2) is 36.4 Å². The molecule has 0 heterocycles. The summed E-state index contributed by atoms with van der Waals surface area (Å²) in [5, 5.41) is 7.96. The number of fused-ring (bicyclic) bond motifs is 2. The van der Waals surface area contributed by atoms with Gasteiger partial charge in [0, 0.05) is 18.7 Å². The number of hydrogen-bond donors (Lipinski definition) is 5. The van der Waals surface area contributed by atoms with E-state index in [0.717, 1.165) is 28.3 Å². The minimum Gasteiger partial charge on any atom is -0.370 e. The van der Waals surface area contributed by atoms with Crippen molar-refractivity contribution in [2.45, 2.75) is 37.8 Å². The second-order valence-electron chi connectivity index (χ2n) is 8.96. The van der Waals surface area contributed by atoms with Gasteiger partial charge in [-0.2, -0.15) is 0 Å². The lowest BCUT2D eigenvalue weighted by Crippen LogP contribution is -2.50. The minimum atomic E-state index is -0.787. The van der Waals surface area contributed by atoms with Gasteiger partial charge >= 0.3 is 0 Å². The number of hydrogen-bond acceptors (Lipinski definition) is 4. The van der Waals surface area contributed by atoms with Crippen molar-refractivity contribution in [1.29, 1.82) is 0 Å². The van der Waals surface area contributed by atoms with Crippen LogP contribution in [0.15, 0.2) is 77.8 Å². The van der Waals surface area contributed by atoms with Gasteiger partial charge in [-0.05, 0) is 58.9 Å². The van der Waals surface area contributed by atoms with Crippen molar-refractivity contribution < 1.29 is 9.59 Å². The van der Waals surface area contributed by atoms with Crippen molar-refractivity contribution in [1.82, 2.24) is 5.32 Å². The zero-order valence-corrected chi connectivity index (χ0v) is 20.1. The molecule has 0 radical (unpaired) electrons. The Labute approximate surface area is 210 Å². The van der Waals surface area contributed by atoms with Crippen molar-refractivity contribution in [3.05, 3.63) is 83.9 Å². The lowest BCUT2D eigenvalue weighted by molar-refractivity contribution is -0.127. The second-order valence-corrected chi connectivity index (χ2v) is 8.96. The first-order chi connectivity index (χ1) is 17.4. The zero-order valence-electron chi connectivity index (χ0n) is 20.1. The molecular formula is C28H32N6O2. The maximum absolute atomic E-state index is 13.4. The Hall–Kier alpha value is -4.17. The molecule has 2 atom stereocenters. The molecule has 8 N–H and O–H groups in total. The van der Waals surface area contributed by atoms with Gasteiger partial charge in [0.1, 0.15) is 6.04 Å². The third-order valence-electron chi connectivity index (χ3n) is 6.31. The number of nitrogens with one attached hydrogen (secondary N) is 2. The van der Waals surface area contributed by atoms with Crippen molar-refractivity contribution >= 4 is 39.8 Å². The van der Waals surface area contributed by atoms with E-state index in [1.165, 1.54) is 5.56 Å². The van der Waals surface area contributed by atoms with Crippen LogP contribution >= 0.6 is 0 Å². The van der Waals surface area contributed by atoms with E-state index < -0.39 is 12.1 Å². The topological polar surface area (TPSA) is 149 Å². The summed E-state index contributed by atoms with van der Waals surface area (Å²) >= 11 is 0. The summed E-state index contributed by atoms with van der Waals surface area (Å²) in [6, 6.07) is 20.2. The van der Waals surface area contributed by atoms with Gasteiger partial charge in [0.05, 0.1) is 6.04 Å². The lowest BCUT2D eigenvalue weighted by Gasteiger charge is -2.22. The third kappa shape index (κ3) is 6.28. The molecule has 0 fully saturated rings. The zero-order chi connectivity index (χ0) is 25.5. The van der Waals surface area contributed by atoms with Gasteiger partial charge in [0.25, 0.3) is 0 Å². The second kappa shape index (κ2) is 11.5. The molecule has 0 aliphatic heterocycles. The molecule has 2 amide bonds. The molecule has 186 valence electrons. The molecule has 8 nitrogen and oxygen atoms in total. The van der Waals surface area contributed by atoms with E-state index in [4.69, 9.17) is 17.2 Å². The Morgan fingerprint density at radius 3 is 2.50 bits per heavy atom. The van der Waals surface area contributed by atoms with Gasteiger partial charge in [-0.1, -0.05) is 60.7 Å². The Morgan fingerprint density at radius 1 is 0.944 bits per heavy atom. The Balaban J connectivity index is 1.48. The van der Waals surface area contributed by atoms with E-state index >= 15 is 0 Å². The number of rotatable bonds is 10. The first kappa shape index (κ1) is 24.9. The SMILES string of the molecule is NC(N)=NCCC[C@H](N)C(=O)N[C@@H](CC1=CCc2ccccc21)C(=O)Nc1ccc2ccccc2c1. The number of anilines is 1. The summed E-state index contributed by atoms with van der Waals surface area (Å²) in [7, 11) is 0. The van der Waals surface area contributed by atoms with E-state index in [2.05, 4.69) is 27.8 Å². The first-order valence-corrected chi connectivity index (χ1v) is 12.1. The predicted molar refractivity (Wildman–Crippen MR) is 145 cm³/mol. The number of carbonyl (C=O) groups excluding carboxylic acids is 2. The highest BCUT2D eigenvalue weighted by Crippen LogP contribution is 2.31. The van der Waals surface area contributed by atoms with Crippen LogP contribution in [0.5, 0.6) is 0 Å². The fourth-order valence-electron chi connectivity index (χ4n) is 4.40. The van der Waals surface area contributed by atoms with Crippen molar-refractivity contribution in [2.75, 3.05) is 11.9 Å². The number of guanidine groups is 1. The standard InChI is InChI=1S/C28H32N6O2/c29-24(10-5-15-32-28(30)31)26(35)34-25(17-21-12-11-19-7-3-4-9-23(19)21)27(36)33-22-14-13-18-6-1-2-8-20(18)16-22/h1-4,6-9,12-14,16,24-25H,5,10-11,15,17,29H2,(H,33,36)(H,34,35)(H4,30,31,32)/t24-,25-/m0/s1. The highest BCUT2D eigenvalue weighted by molar-refractivity contribution is 6.00. The van der Waals surface area contributed by atoms with Crippen LogP contribution in [0.2, 0.25) is 0 Å². The molecule has 0 unspecified atom stereocenters. The molecule has 0 spiro atoms. The molecule has 1 aliphatic rings. The van der Waals surface area contributed by atoms with Crippen LogP contribution < -0.4 is 27.8 Å². The fourth-order valence-corrected chi connectivity index (χ4v) is 4.40. The lowest BCUT2D eigenvalue weighted by atomic mass is 9.98. The molecule has 1 aliphatic carbocycles. The van der Waals surface area contributed by atoms with Crippen molar-refractivity contribution in [2.24, 2.45) is 22.2 Å². The summed E-state index contributed by atoms with van der Waals surface area (Å²) in [6.45, 7) is 0.388. The molecule has 36 heavy (non-hydrogen) atoms. The van der Waals surface area contributed by atoms with E-state index in [1.807, 2.05) is 60.7 Å². The van der Waals surface area contributed by atoms with Crippen LogP contribution in [0, 0.1) is 0 Å². The van der Waals surface area contributed by atoms with Crippen LogP contribution in [0.4, 0.5) is 5.69 Å². The van der Waals surface area contributed by atoms with Gasteiger partial charge in [0.15, 0.2) is 5.96 Å². The largest absolute Gasteiger partial charge is 0.370 e. The predicted octanol–water partition coefficient (Wildman–Crippen LogP) is 2.67. The number of aliphatic imine (C=N–C) groups is 1. The third-order valence-corrected chi connectivity index (χ3v) is 6.31. The summed E-state index contributed by atoms with van der Waals surface area (Å²) < 4.78 is 0. The van der Waals surface area contributed by atoms with E-state index in [9.17, 15) is 9.59 Å². The molecule has 0 bridgehead atoms. The maximum Gasteiger partial charge on any atom is 0.247 e. The normalized spacial score (nSPS) is 13.9. The number of nitrogens with zero attached hydrogens (tertiary/aromatic N) is 1. The summed E-state index contributed by atoms with van der Waals surface area (Å²) in [5.41, 5.74) is 20.8. The molecular weight excluding hydrogens is 452 g/mol. The number of amides is 2. The van der Waals surface area contributed by atoms with Gasteiger partial charge < -0.3 is 27.8 Å². The molecule has 0 saturated carbocycles. The molecule has 3 aromatic carbocycles. The monoisotopic (exact) mass is 484 g/mol. The first-order valence-electron chi connectivity index (χ1n) is 12.1. The number of carbonyl (C=O) groups is 2. The number of benzene rings is 3. The molecule has 0 aromatic heterocycles. The number of allylic oxidation sites excluding steroid dienone is 1. The quantitative estimate of drug-likeness (QED) is 0.170. The summed E-state index contributed by atoms with van der Waals surface area (Å²) in [4.78, 5) is 30.2. The minimum absolute atomic E-state index is 0.00330. The molecule has 0 saturated heterocycles. The Morgan fingerprint density at radius 2 is 1.69 bits per heavy atom. The van der Waals surface area contributed by atoms with E-state index in [1.54, 1.807) is 0 Å². The fraction of sp³-hybridized carbons (Fsp3) is 0.250. The molecule has 8 heteroatoms. The van der Waals surface area contributed by atoms with Gasteiger partial charge in [-0.15, -0.1) is 0 Å². The number of nitrogens with two attached hydrogens (primary N) is 3. The van der Waals surface area contributed by atoms with Crippen LogP contribution in [0.3, 0.4) is 0 Å². The van der Waals surface area contributed by atoms with Gasteiger partial charge in [0.2, 0.25) is 11.8 Å². The van der Waals surface area contributed by atoms with Crippen LogP contribution in [0.25, 0.3) is 16.3 Å². The summed E-state index contributed by atoms with van der Waals surface area (Å²) in [6.07, 6.45) is 4.24. The Kier molecular flexibility index (Phi) is 7.97. The highest BCUT2D eigenvalue weighted by Gasteiger charge is 2.27. The van der Waals surface area contributed by atoms with Crippen LogP contribution in [0.1, 0.15) is 30.4 Å². The van der Waals surface area contributed by atoms with Crippen LogP contribution in [-0.2, 0) is 16.0 Å². The average Bonchev–Trinajstić information content (AvgIpc) is 3.28. The highest BCUT2D eigenvalue weighted by atomic mass is 16.2.